The summed E-state index contributed by atoms with van der Waals surface area (Å²) in [6.45, 7) is 3.27. The van der Waals surface area contributed by atoms with E-state index in [1.807, 2.05) is 0 Å². The number of aliphatic imine (C=N–C) groups is 1. The first-order valence-corrected chi connectivity index (χ1v) is 3.06. The number of rotatable bonds is 0. The van der Waals surface area contributed by atoms with Gasteiger partial charge in [0, 0.05) is 11.8 Å². The van der Waals surface area contributed by atoms with E-state index in [9.17, 15) is 4.79 Å². The van der Waals surface area contributed by atoms with Crippen LogP contribution in [0.15, 0.2) is 16.8 Å². The Morgan fingerprint density at radius 3 is 2.70 bits per heavy atom. The summed E-state index contributed by atoms with van der Waals surface area (Å²) < 4.78 is 0. The number of carbonyl (C=O) groups excluding carboxylic acids is 1. The molecule has 1 unspecified atom stereocenters. The monoisotopic (exact) mass is 139 g/mol. The van der Waals surface area contributed by atoms with E-state index < -0.39 is 6.10 Å². The first kappa shape index (κ1) is 7.15. The molecule has 0 fully saturated rings. The molecule has 1 atom stereocenters. The molecule has 1 N–H and O–H groups in total. The second-order valence-electron chi connectivity index (χ2n) is 2.35. The third-order valence-electron chi connectivity index (χ3n) is 1.49. The number of aliphatic hydroxyl groups is 1. The van der Waals surface area contributed by atoms with Gasteiger partial charge >= 0.3 is 0 Å². The zero-order valence-electron chi connectivity index (χ0n) is 5.96. The second kappa shape index (κ2) is 2.34. The van der Waals surface area contributed by atoms with Crippen LogP contribution in [-0.2, 0) is 4.79 Å². The van der Waals surface area contributed by atoms with Crippen LogP contribution in [0.4, 0.5) is 0 Å². The van der Waals surface area contributed by atoms with Gasteiger partial charge in [-0.15, -0.1) is 0 Å². The molecule has 10 heavy (non-hydrogen) atoms. The van der Waals surface area contributed by atoms with Gasteiger partial charge in [-0.25, -0.2) is 0 Å². The maximum Gasteiger partial charge on any atom is 0.194 e. The highest BCUT2D eigenvalue weighted by molar-refractivity contribution is 6.15. The van der Waals surface area contributed by atoms with Crippen LogP contribution < -0.4 is 0 Å². The summed E-state index contributed by atoms with van der Waals surface area (Å²) in [4.78, 5) is 14.8. The van der Waals surface area contributed by atoms with Crippen molar-refractivity contribution in [2.75, 3.05) is 0 Å². The lowest BCUT2D eigenvalue weighted by Crippen LogP contribution is -2.30. The van der Waals surface area contributed by atoms with Crippen molar-refractivity contribution in [3.8, 4) is 0 Å². The largest absolute Gasteiger partial charge is 0.379 e. The lowest BCUT2D eigenvalue weighted by atomic mass is 10.0. The highest BCUT2D eigenvalue weighted by Crippen LogP contribution is 2.07. The molecule has 0 bridgehead atoms. The van der Waals surface area contributed by atoms with E-state index in [-0.39, 0.29) is 5.78 Å². The highest BCUT2D eigenvalue weighted by Gasteiger charge is 2.21. The molecule has 0 aliphatic carbocycles. The van der Waals surface area contributed by atoms with Crippen LogP contribution in [0.2, 0.25) is 0 Å². The Balaban J connectivity index is 2.97. The van der Waals surface area contributed by atoms with Crippen LogP contribution in [0.3, 0.4) is 0 Å². The summed E-state index contributed by atoms with van der Waals surface area (Å²) in [6.07, 6.45) is 0.467. The van der Waals surface area contributed by atoms with Crippen molar-refractivity contribution in [3.05, 3.63) is 11.8 Å². The van der Waals surface area contributed by atoms with E-state index in [4.69, 9.17) is 5.11 Å². The topological polar surface area (TPSA) is 49.7 Å². The van der Waals surface area contributed by atoms with Crippen molar-refractivity contribution in [2.45, 2.75) is 20.0 Å². The molecule has 1 rings (SSSR count). The Hall–Kier alpha value is -0.960. The van der Waals surface area contributed by atoms with Crippen molar-refractivity contribution < 1.29 is 9.90 Å². The van der Waals surface area contributed by atoms with Gasteiger partial charge in [-0.3, -0.25) is 9.79 Å². The number of hydrogen-bond donors (Lipinski definition) is 1. The summed E-state index contributed by atoms with van der Waals surface area (Å²) >= 11 is 0. The van der Waals surface area contributed by atoms with Gasteiger partial charge in [-0.2, -0.15) is 0 Å². The number of carbonyl (C=O) groups is 1. The summed E-state index contributed by atoms with van der Waals surface area (Å²) in [5.41, 5.74) is 0.980. The summed E-state index contributed by atoms with van der Waals surface area (Å²) in [7, 11) is 0. The standard InChI is InChI=1S/C7H9NO2/c1-4-3-8-5(2)7(10)6(4)9/h3,7,10H,1-2H3. The van der Waals surface area contributed by atoms with Gasteiger partial charge in [-0.1, -0.05) is 0 Å². The number of nitrogens with zero attached hydrogens (tertiary/aromatic N) is 1. The van der Waals surface area contributed by atoms with E-state index in [2.05, 4.69) is 4.99 Å². The van der Waals surface area contributed by atoms with E-state index >= 15 is 0 Å². The molecule has 0 aromatic rings. The number of aliphatic hydroxyl groups excluding tert-OH is 1. The first-order valence-electron chi connectivity index (χ1n) is 3.06. The summed E-state index contributed by atoms with van der Waals surface area (Å²) in [5, 5.41) is 9.10. The molecule has 1 heterocycles. The molecule has 3 heteroatoms. The number of hydrogen-bond acceptors (Lipinski definition) is 3. The molecule has 0 amide bonds. The van der Waals surface area contributed by atoms with Crippen molar-refractivity contribution in [3.63, 3.8) is 0 Å². The maximum atomic E-state index is 10.9. The van der Waals surface area contributed by atoms with Crippen molar-refractivity contribution in [1.29, 1.82) is 0 Å². The van der Waals surface area contributed by atoms with Crippen molar-refractivity contribution >= 4 is 11.5 Å². The third-order valence-corrected chi connectivity index (χ3v) is 1.49. The fraction of sp³-hybridized carbons (Fsp3) is 0.429. The van der Waals surface area contributed by atoms with Crippen LogP contribution in [0, 0.1) is 0 Å². The summed E-state index contributed by atoms with van der Waals surface area (Å²) in [5.74, 6) is -0.243. The van der Waals surface area contributed by atoms with Gasteiger partial charge in [0.15, 0.2) is 11.9 Å². The molecule has 0 aromatic heterocycles. The molecule has 54 valence electrons. The normalized spacial score (nSPS) is 25.9. The minimum absolute atomic E-state index is 0.243. The van der Waals surface area contributed by atoms with E-state index in [1.54, 1.807) is 13.8 Å². The predicted octanol–water partition coefficient (Wildman–Crippen LogP) is 0.295. The quantitative estimate of drug-likeness (QED) is 0.524. The average molecular weight is 139 g/mol. The lowest BCUT2D eigenvalue weighted by Gasteiger charge is -2.12. The van der Waals surface area contributed by atoms with Gasteiger partial charge in [0.05, 0.1) is 5.71 Å². The Morgan fingerprint density at radius 1 is 1.60 bits per heavy atom. The Bertz CT molecular complexity index is 226. The average Bonchev–Trinajstić information content (AvgIpc) is 1.93. The predicted molar refractivity (Wildman–Crippen MR) is 37.9 cm³/mol. The fourth-order valence-electron chi connectivity index (χ4n) is 0.738. The molecule has 0 radical (unpaired) electrons. The first-order chi connectivity index (χ1) is 4.63. The van der Waals surface area contributed by atoms with Crippen LogP contribution in [0.5, 0.6) is 0 Å². The maximum absolute atomic E-state index is 10.9. The van der Waals surface area contributed by atoms with E-state index in [1.165, 1.54) is 6.20 Å². The molecular weight excluding hydrogens is 130 g/mol. The molecule has 0 aromatic carbocycles. The zero-order chi connectivity index (χ0) is 7.72. The van der Waals surface area contributed by atoms with Crippen LogP contribution in [-0.4, -0.2) is 22.7 Å². The highest BCUT2D eigenvalue weighted by atomic mass is 16.3. The fourth-order valence-corrected chi connectivity index (χ4v) is 0.738. The SMILES string of the molecule is CC1=CN=C(C)C(O)C1=O. The van der Waals surface area contributed by atoms with E-state index in [0.717, 1.165) is 0 Å². The van der Waals surface area contributed by atoms with Crippen LogP contribution in [0.1, 0.15) is 13.8 Å². The summed E-state index contributed by atoms with van der Waals surface area (Å²) in [6, 6.07) is 0. The van der Waals surface area contributed by atoms with Gasteiger partial charge in [0.1, 0.15) is 0 Å². The van der Waals surface area contributed by atoms with Crippen LogP contribution in [0.25, 0.3) is 0 Å². The van der Waals surface area contributed by atoms with E-state index in [0.29, 0.717) is 11.3 Å². The van der Waals surface area contributed by atoms with Gasteiger partial charge in [-0.05, 0) is 13.8 Å². The zero-order valence-corrected chi connectivity index (χ0v) is 5.96. The molecule has 0 saturated heterocycles. The molecule has 0 spiro atoms. The Kier molecular flexibility index (Phi) is 1.68. The lowest BCUT2D eigenvalue weighted by molar-refractivity contribution is -0.120. The third kappa shape index (κ3) is 0.998. The van der Waals surface area contributed by atoms with Crippen LogP contribution >= 0.6 is 0 Å². The Labute approximate surface area is 59.1 Å². The molecule has 1 aliphatic rings. The van der Waals surface area contributed by atoms with Crippen molar-refractivity contribution in [1.82, 2.24) is 0 Å². The van der Waals surface area contributed by atoms with Gasteiger partial charge < -0.3 is 5.11 Å². The van der Waals surface area contributed by atoms with Crippen molar-refractivity contribution in [2.24, 2.45) is 4.99 Å². The number of Topliss-reactive ketones (excluding diaryl/α,β-unsaturated/α-hetero) is 1. The minimum atomic E-state index is -1.01. The second-order valence-corrected chi connectivity index (χ2v) is 2.35. The number of ketones is 1. The Morgan fingerprint density at radius 2 is 2.20 bits per heavy atom. The molecule has 0 saturated carbocycles. The van der Waals surface area contributed by atoms with Gasteiger partial charge in [0.2, 0.25) is 0 Å². The molecule has 1 aliphatic heterocycles. The molecular formula is C7H9NO2. The van der Waals surface area contributed by atoms with Gasteiger partial charge in [0.25, 0.3) is 0 Å². The smallest absolute Gasteiger partial charge is 0.194 e. The molecule has 3 nitrogen and oxygen atoms in total. The minimum Gasteiger partial charge on any atom is -0.379 e.